The minimum absolute atomic E-state index is 0.0121. The number of nitro groups is 1. The SMILES string of the molecule is COc1cccc2c1C(OC(C)=O)c1c(O)c3c(c(O)c1C2OC(C)=O)C[C@@](O)(C(=O)NCCSSc1ccc([N+](=O)[O-])cn1)C[C@@H]3O[C@H]1C[C@H]2[C@H](O[C@@H]3[C@@H](OC)OCCN32)[C@H](C)O1. The zero-order chi connectivity index (χ0) is 45.6. The van der Waals surface area contributed by atoms with Crippen LogP contribution in [0.1, 0.15) is 85.3 Å². The number of amides is 1. The Kier molecular flexibility index (Phi) is 13.3. The number of benzene rings is 2. The number of pyridine rings is 1. The number of nitrogens with zero attached hydrogens (tertiary/aromatic N) is 3. The molecule has 0 spiro atoms. The van der Waals surface area contributed by atoms with Crippen molar-refractivity contribution in [3.05, 3.63) is 80.0 Å². The zero-order valence-electron chi connectivity index (χ0n) is 35.4. The predicted octanol–water partition coefficient (Wildman–Crippen LogP) is 3.85. The van der Waals surface area contributed by atoms with Gasteiger partial charge in [0, 0.05) is 93.4 Å². The van der Waals surface area contributed by atoms with Crippen molar-refractivity contribution in [1.29, 1.82) is 0 Å². The van der Waals surface area contributed by atoms with Crippen LogP contribution >= 0.6 is 21.6 Å². The molecule has 0 saturated carbocycles. The highest BCUT2D eigenvalue weighted by molar-refractivity contribution is 8.76. The van der Waals surface area contributed by atoms with Gasteiger partial charge in [-0.25, -0.2) is 4.98 Å². The van der Waals surface area contributed by atoms with Crippen molar-refractivity contribution in [3.63, 3.8) is 0 Å². The number of fused-ring (bicyclic) bond motifs is 6. The van der Waals surface area contributed by atoms with Crippen molar-refractivity contribution in [1.82, 2.24) is 15.2 Å². The van der Waals surface area contributed by atoms with Gasteiger partial charge in [0.1, 0.15) is 40.2 Å². The minimum atomic E-state index is -2.24. The first kappa shape index (κ1) is 45.8. The molecule has 20 nitrogen and oxygen atoms in total. The molecule has 3 saturated heterocycles. The average molecular weight is 929 g/mol. The van der Waals surface area contributed by atoms with Gasteiger partial charge in [-0.15, -0.1) is 0 Å². The lowest BCUT2D eigenvalue weighted by Crippen LogP contribution is -2.55. The fraction of sp³-hybridized carbons (Fsp3) is 0.524. The number of hydrogen-bond donors (Lipinski definition) is 4. The zero-order valence-corrected chi connectivity index (χ0v) is 37.1. The van der Waals surface area contributed by atoms with E-state index < -0.39 is 95.9 Å². The normalized spacial score (nSPS) is 29.2. The second-order valence-electron chi connectivity index (χ2n) is 15.9. The van der Waals surface area contributed by atoms with E-state index in [1.165, 1.54) is 61.8 Å². The number of aromatic nitrogens is 1. The van der Waals surface area contributed by atoms with E-state index in [0.29, 0.717) is 29.5 Å². The number of ether oxygens (including phenoxy) is 8. The molecule has 2 aromatic carbocycles. The highest BCUT2D eigenvalue weighted by Gasteiger charge is 2.55. The van der Waals surface area contributed by atoms with Crippen LogP contribution in [0.25, 0.3) is 0 Å². The Morgan fingerprint density at radius 1 is 1.03 bits per heavy atom. The molecule has 4 N–H and O–H groups in total. The first-order chi connectivity index (χ1) is 30.6. The Morgan fingerprint density at radius 2 is 1.78 bits per heavy atom. The lowest BCUT2D eigenvalue weighted by Gasteiger charge is -2.44. The van der Waals surface area contributed by atoms with Crippen LogP contribution in [-0.4, -0.2) is 130 Å². The molecule has 3 fully saturated rings. The van der Waals surface area contributed by atoms with Gasteiger partial charge in [0.05, 0.1) is 42.0 Å². The number of hydrogen-bond acceptors (Lipinski definition) is 20. The van der Waals surface area contributed by atoms with Gasteiger partial charge in [0.2, 0.25) is 0 Å². The van der Waals surface area contributed by atoms with Gasteiger partial charge in [-0.2, -0.15) is 0 Å². The van der Waals surface area contributed by atoms with Crippen LogP contribution in [0.4, 0.5) is 5.69 Å². The van der Waals surface area contributed by atoms with Crippen molar-refractivity contribution in [2.75, 3.05) is 39.7 Å². The van der Waals surface area contributed by atoms with Crippen LogP contribution in [0.2, 0.25) is 0 Å². The summed E-state index contributed by atoms with van der Waals surface area (Å²) in [4.78, 5) is 56.3. The molecule has 22 heteroatoms. The van der Waals surface area contributed by atoms with Crippen molar-refractivity contribution in [2.24, 2.45) is 0 Å². The predicted molar refractivity (Wildman–Crippen MR) is 224 cm³/mol. The van der Waals surface area contributed by atoms with E-state index in [-0.39, 0.29) is 64.4 Å². The van der Waals surface area contributed by atoms with Crippen molar-refractivity contribution in [3.8, 4) is 17.2 Å². The summed E-state index contributed by atoms with van der Waals surface area (Å²) in [6.45, 7) is 5.23. The maximum atomic E-state index is 14.2. The Bertz CT molecular complexity index is 2310. The van der Waals surface area contributed by atoms with E-state index in [1.807, 2.05) is 6.92 Å². The summed E-state index contributed by atoms with van der Waals surface area (Å²) in [5.74, 6) is -2.67. The molecule has 64 heavy (non-hydrogen) atoms. The van der Waals surface area contributed by atoms with Crippen LogP contribution in [-0.2, 0) is 54.0 Å². The number of phenolic OH excluding ortho intramolecular Hbond substituents is 2. The Labute approximate surface area is 374 Å². The third-order valence-electron chi connectivity index (χ3n) is 12.0. The molecule has 10 atom stereocenters. The van der Waals surface area contributed by atoms with Crippen LogP contribution in [0.5, 0.6) is 17.2 Å². The second-order valence-corrected chi connectivity index (χ2v) is 18.4. The molecule has 1 aromatic heterocycles. The number of esters is 2. The van der Waals surface area contributed by atoms with E-state index in [0.717, 1.165) is 6.20 Å². The number of rotatable bonds is 13. The topological polar surface area (TPSA) is 257 Å². The minimum Gasteiger partial charge on any atom is -0.507 e. The number of nitrogens with one attached hydrogen (secondary N) is 1. The molecule has 1 amide bonds. The smallest absolute Gasteiger partial charge is 0.303 e. The first-order valence-corrected chi connectivity index (χ1v) is 22.8. The molecule has 344 valence electrons. The average Bonchev–Trinajstić information content (AvgIpc) is 3.65. The van der Waals surface area contributed by atoms with Crippen molar-refractivity contribution < 1.29 is 72.5 Å². The van der Waals surface area contributed by atoms with Crippen LogP contribution in [0.15, 0.2) is 41.6 Å². The standard InChI is InChI=1S/C42H48N4O16S2/c1-19-36-25(45-12-13-57-40(56-5)39(45)62-36)15-29(58-19)61-27-17-42(52,41(51)43-11-14-63-64-28-10-9-22(18-44-28)46(53)54)16-24-30(27)35(50)33-32(34(24)49)37(59-20(2)47)23-7-6-8-26(55-4)31(23)38(33)60-21(3)48/h6-10,18-19,25,27,29,36-40,49-50,52H,11-17H2,1-5H3,(H,43,51)/t19-,25-,27-,29-,36+,37?,38?,39+,40-,42-/m0/s1. The summed E-state index contributed by atoms with van der Waals surface area (Å²) in [5.41, 5.74) is -2.08. The Hall–Kier alpha value is -4.78. The molecular formula is C42H48N4O16S2. The van der Waals surface area contributed by atoms with Gasteiger partial charge in [-0.1, -0.05) is 22.9 Å². The third kappa shape index (κ3) is 8.58. The number of carbonyl (C=O) groups excluding carboxylic acids is 3. The molecular weight excluding hydrogens is 881 g/mol. The number of methoxy groups -OCH3 is 2. The summed E-state index contributed by atoms with van der Waals surface area (Å²) in [5, 5.41) is 51.8. The van der Waals surface area contributed by atoms with E-state index in [2.05, 4.69) is 15.2 Å². The summed E-state index contributed by atoms with van der Waals surface area (Å²) in [6, 6.07) is 7.50. The monoisotopic (exact) mass is 928 g/mol. The number of morpholine rings is 1. The van der Waals surface area contributed by atoms with Gasteiger partial charge in [-0.05, 0) is 29.9 Å². The Morgan fingerprint density at radius 3 is 2.47 bits per heavy atom. The van der Waals surface area contributed by atoms with Gasteiger partial charge in [0.15, 0.2) is 31.0 Å². The molecule has 2 unspecified atom stereocenters. The lowest BCUT2D eigenvalue weighted by molar-refractivity contribution is -0.385. The molecule has 3 aliphatic heterocycles. The number of aliphatic hydroxyl groups is 1. The highest BCUT2D eigenvalue weighted by Crippen LogP contribution is 2.59. The molecule has 0 radical (unpaired) electrons. The van der Waals surface area contributed by atoms with Crippen molar-refractivity contribution >= 4 is 45.1 Å². The summed E-state index contributed by atoms with van der Waals surface area (Å²) in [7, 11) is 5.51. The van der Waals surface area contributed by atoms with E-state index in [4.69, 9.17) is 37.9 Å². The second kappa shape index (κ2) is 18.6. The summed E-state index contributed by atoms with van der Waals surface area (Å²) in [6.07, 6.45) is -6.56. The summed E-state index contributed by atoms with van der Waals surface area (Å²) < 4.78 is 48.2. The molecule has 2 aliphatic carbocycles. The molecule has 5 aliphatic rings. The molecule has 3 aromatic rings. The van der Waals surface area contributed by atoms with Crippen LogP contribution in [0, 0.1) is 10.1 Å². The van der Waals surface area contributed by atoms with Gasteiger partial charge >= 0.3 is 11.9 Å². The highest BCUT2D eigenvalue weighted by atomic mass is 33.1. The molecule has 0 bridgehead atoms. The Balaban J connectivity index is 1.15. The van der Waals surface area contributed by atoms with E-state index in [9.17, 15) is 39.8 Å². The van der Waals surface area contributed by atoms with Gasteiger partial charge in [0.25, 0.3) is 11.6 Å². The maximum absolute atomic E-state index is 14.2. The number of phenols is 2. The van der Waals surface area contributed by atoms with Crippen LogP contribution < -0.4 is 10.1 Å². The van der Waals surface area contributed by atoms with Gasteiger partial charge in [-0.3, -0.25) is 29.4 Å². The van der Waals surface area contributed by atoms with E-state index >= 15 is 0 Å². The fourth-order valence-corrected chi connectivity index (χ4v) is 11.1. The molecule has 4 heterocycles. The van der Waals surface area contributed by atoms with Gasteiger partial charge < -0.3 is 58.5 Å². The maximum Gasteiger partial charge on any atom is 0.303 e. The van der Waals surface area contributed by atoms with Crippen LogP contribution in [0.3, 0.4) is 0 Å². The van der Waals surface area contributed by atoms with Crippen molar-refractivity contribution in [2.45, 2.75) is 106 Å². The first-order valence-electron chi connectivity index (χ1n) is 20.5. The third-order valence-corrected chi connectivity index (χ3v) is 14.3. The van der Waals surface area contributed by atoms with E-state index in [1.54, 1.807) is 18.2 Å². The quantitative estimate of drug-likeness (QED) is 0.0474. The largest absolute Gasteiger partial charge is 0.507 e. The fourth-order valence-electron chi connectivity index (χ4n) is 9.37. The molecule has 8 rings (SSSR count). The summed E-state index contributed by atoms with van der Waals surface area (Å²) >= 11 is 0. The number of aromatic hydroxyl groups is 2. The lowest BCUT2D eigenvalue weighted by atomic mass is 9.71. The number of carbonyl (C=O) groups is 3.